The molecule has 0 aromatic carbocycles. The third kappa shape index (κ3) is 2.62. The molecule has 0 fully saturated rings. The molecule has 0 N–H and O–H groups in total. The van der Waals surface area contributed by atoms with E-state index in [0.29, 0.717) is 10.8 Å². The molecular weight excluding hydrogens is 212 g/mol. The van der Waals surface area contributed by atoms with Gasteiger partial charge in [-0.2, -0.15) is 0 Å². The quantitative estimate of drug-likeness (QED) is 0.494. The Bertz CT molecular complexity index is 166. The average Bonchev–Trinajstić information content (AvgIpc) is 2.34. The molecule has 0 saturated carbocycles. The van der Waals surface area contributed by atoms with Crippen LogP contribution in [0, 0.1) is 10.8 Å². The fraction of sp³-hybridized carbons (Fsp3) is 0.818. The van der Waals surface area contributed by atoms with E-state index in [1.807, 2.05) is 0 Å². The van der Waals surface area contributed by atoms with Crippen molar-refractivity contribution in [2.24, 2.45) is 10.8 Å². The second kappa shape index (κ2) is 3.53. The summed E-state index contributed by atoms with van der Waals surface area (Å²) in [5, 5.41) is 1.14. The first kappa shape index (κ1) is 10.3. The molecule has 0 amide bonds. The molecular formula is C11H19Br. The first-order valence-electron chi connectivity index (χ1n) is 4.68. The molecule has 0 nitrogen and oxygen atoms in total. The van der Waals surface area contributed by atoms with Gasteiger partial charge in [-0.25, -0.2) is 0 Å². The zero-order chi connectivity index (χ0) is 9.24. The Morgan fingerprint density at radius 2 is 1.75 bits per heavy atom. The summed E-state index contributed by atoms with van der Waals surface area (Å²) in [4.78, 5) is 0. The average molecular weight is 231 g/mol. The lowest BCUT2D eigenvalue weighted by Gasteiger charge is -2.34. The zero-order valence-corrected chi connectivity index (χ0v) is 9.95. The molecule has 0 aromatic rings. The van der Waals surface area contributed by atoms with Crippen molar-refractivity contribution in [1.82, 2.24) is 0 Å². The molecule has 1 aliphatic rings. The minimum atomic E-state index is 0.458. The summed E-state index contributed by atoms with van der Waals surface area (Å²) < 4.78 is 0. The lowest BCUT2D eigenvalue weighted by molar-refractivity contribution is 0.211. The van der Waals surface area contributed by atoms with Gasteiger partial charge in [0.05, 0.1) is 0 Å². The van der Waals surface area contributed by atoms with E-state index in [4.69, 9.17) is 0 Å². The minimum Gasteiger partial charge on any atom is -0.0922 e. The van der Waals surface area contributed by atoms with Gasteiger partial charge in [-0.15, -0.1) is 0 Å². The van der Waals surface area contributed by atoms with Crippen LogP contribution in [0.15, 0.2) is 12.2 Å². The summed E-state index contributed by atoms with van der Waals surface area (Å²) in [7, 11) is 0. The van der Waals surface area contributed by atoms with Gasteiger partial charge in [0, 0.05) is 5.33 Å². The van der Waals surface area contributed by atoms with Gasteiger partial charge in [0.1, 0.15) is 0 Å². The lowest BCUT2D eigenvalue weighted by atomic mass is 9.73. The van der Waals surface area contributed by atoms with Gasteiger partial charge in [-0.1, -0.05) is 48.9 Å². The third-order valence-electron chi connectivity index (χ3n) is 2.46. The normalized spacial score (nSPS) is 21.7. The second-order valence-corrected chi connectivity index (χ2v) is 5.81. The first-order valence-corrected chi connectivity index (χ1v) is 5.81. The fourth-order valence-electron chi connectivity index (χ4n) is 2.18. The van der Waals surface area contributed by atoms with Crippen molar-refractivity contribution >= 4 is 15.9 Å². The summed E-state index contributed by atoms with van der Waals surface area (Å²) in [5.74, 6) is 0. The highest BCUT2D eigenvalue weighted by Crippen LogP contribution is 2.44. The number of hydrogen-bond donors (Lipinski definition) is 0. The third-order valence-corrected chi connectivity index (χ3v) is 3.65. The first-order chi connectivity index (χ1) is 5.47. The van der Waals surface area contributed by atoms with Crippen LogP contribution in [0.25, 0.3) is 0 Å². The SMILES string of the molecule is CC(C)(C)CC1(CBr)CC=CC1. The molecule has 0 bridgehead atoms. The highest BCUT2D eigenvalue weighted by atomic mass is 79.9. The standard InChI is InChI=1S/C11H19Br/c1-10(2,3)8-11(9-12)6-4-5-7-11/h4-5H,6-9H2,1-3H3. The molecule has 0 saturated heterocycles. The number of hydrogen-bond acceptors (Lipinski definition) is 0. The van der Waals surface area contributed by atoms with Gasteiger partial charge in [0.2, 0.25) is 0 Å². The molecule has 1 aliphatic carbocycles. The molecule has 70 valence electrons. The van der Waals surface area contributed by atoms with Crippen LogP contribution in [0.4, 0.5) is 0 Å². The van der Waals surface area contributed by atoms with E-state index >= 15 is 0 Å². The van der Waals surface area contributed by atoms with Crippen molar-refractivity contribution in [2.45, 2.75) is 40.0 Å². The molecule has 0 heterocycles. The Kier molecular flexibility index (Phi) is 3.03. The molecule has 0 radical (unpaired) electrons. The van der Waals surface area contributed by atoms with E-state index in [2.05, 4.69) is 48.9 Å². The maximum absolute atomic E-state index is 3.65. The highest BCUT2D eigenvalue weighted by Gasteiger charge is 2.33. The van der Waals surface area contributed by atoms with Crippen LogP contribution in [0.5, 0.6) is 0 Å². The van der Waals surface area contributed by atoms with Crippen molar-refractivity contribution in [3.05, 3.63) is 12.2 Å². The number of rotatable bonds is 2. The van der Waals surface area contributed by atoms with Gasteiger partial charge in [-0.05, 0) is 30.1 Å². The summed E-state index contributed by atoms with van der Waals surface area (Å²) in [6.07, 6.45) is 8.49. The Morgan fingerprint density at radius 1 is 1.25 bits per heavy atom. The molecule has 12 heavy (non-hydrogen) atoms. The number of allylic oxidation sites excluding steroid dienone is 2. The fourth-order valence-corrected chi connectivity index (χ4v) is 2.83. The van der Waals surface area contributed by atoms with E-state index in [1.54, 1.807) is 0 Å². The van der Waals surface area contributed by atoms with Gasteiger partial charge < -0.3 is 0 Å². The molecule has 0 aromatic heterocycles. The summed E-state index contributed by atoms with van der Waals surface area (Å²) in [5.41, 5.74) is 0.984. The van der Waals surface area contributed by atoms with Crippen molar-refractivity contribution in [3.63, 3.8) is 0 Å². The van der Waals surface area contributed by atoms with E-state index in [0.717, 1.165) is 5.33 Å². The Balaban J connectivity index is 2.57. The van der Waals surface area contributed by atoms with E-state index < -0.39 is 0 Å². The van der Waals surface area contributed by atoms with Crippen LogP contribution in [0.1, 0.15) is 40.0 Å². The van der Waals surface area contributed by atoms with E-state index in [-0.39, 0.29) is 0 Å². The Morgan fingerprint density at radius 3 is 2.08 bits per heavy atom. The molecule has 0 atom stereocenters. The minimum absolute atomic E-state index is 0.458. The van der Waals surface area contributed by atoms with Crippen LogP contribution < -0.4 is 0 Å². The molecule has 0 unspecified atom stereocenters. The number of alkyl halides is 1. The number of halogens is 1. The maximum Gasteiger partial charge on any atom is 0.00941 e. The monoisotopic (exact) mass is 230 g/mol. The van der Waals surface area contributed by atoms with Crippen LogP contribution in [0.3, 0.4) is 0 Å². The molecule has 1 heteroatoms. The van der Waals surface area contributed by atoms with Gasteiger partial charge in [0.25, 0.3) is 0 Å². The van der Waals surface area contributed by atoms with E-state index in [9.17, 15) is 0 Å². The Hall–Kier alpha value is 0.220. The lowest BCUT2D eigenvalue weighted by Crippen LogP contribution is -2.25. The predicted molar refractivity (Wildman–Crippen MR) is 58.7 cm³/mol. The Labute approximate surface area is 84.6 Å². The van der Waals surface area contributed by atoms with Crippen LogP contribution in [-0.2, 0) is 0 Å². The van der Waals surface area contributed by atoms with Crippen LogP contribution in [-0.4, -0.2) is 5.33 Å². The molecule has 1 rings (SSSR count). The van der Waals surface area contributed by atoms with Gasteiger partial charge in [0.15, 0.2) is 0 Å². The smallest absolute Gasteiger partial charge is 0.00941 e. The van der Waals surface area contributed by atoms with Crippen molar-refractivity contribution in [1.29, 1.82) is 0 Å². The van der Waals surface area contributed by atoms with Crippen LogP contribution >= 0.6 is 15.9 Å². The van der Waals surface area contributed by atoms with Crippen molar-refractivity contribution in [3.8, 4) is 0 Å². The van der Waals surface area contributed by atoms with Gasteiger partial charge >= 0.3 is 0 Å². The van der Waals surface area contributed by atoms with Crippen LogP contribution in [0.2, 0.25) is 0 Å². The largest absolute Gasteiger partial charge is 0.0922 e. The molecule has 0 aliphatic heterocycles. The topological polar surface area (TPSA) is 0 Å². The predicted octanol–water partition coefficient (Wildman–Crippen LogP) is 4.15. The maximum atomic E-state index is 3.65. The highest BCUT2D eigenvalue weighted by molar-refractivity contribution is 9.09. The molecule has 0 spiro atoms. The summed E-state index contributed by atoms with van der Waals surface area (Å²) >= 11 is 3.65. The second-order valence-electron chi connectivity index (χ2n) is 5.25. The van der Waals surface area contributed by atoms with E-state index in [1.165, 1.54) is 19.3 Å². The summed E-state index contributed by atoms with van der Waals surface area (Å²) in [6, 6.07) is 0. The summed E-state index contributed by atoms with van der Waals surface area (Å²) in [6.45, 7) is 6.99. The zero-order valence-electron chi connectivity index (χ0n) is 8.36. The van der Waals surface area contributed by atoms with Crippen molar-refractivity contribution in [2.75, 3.05) is 5.33 Å². The van der Waals surface area contributed by atoms with Crippen molar-refractivity contribution < 1.29 is 0 Å². The van der Waals surface area contributed by atoms with Gasteiger partial charge in [-0.3, -0.25) is 0 Å².